The Hall–Kier alpha value is -3.89. The van der Waals surface area contributed by atoms with E-state index < -0.39 is 30.1 Å². The quantitative estimate of drug-likeness (QED) is 0.691. The van der Waals surface area contributed by atoms with Crippen LogP contribution in [0, 0.1) is 22.7 Å². The molecule has 2 aromatic rings. The summed E-state index contributed by atoms with van der Waals surface area (Å²) in [6.45, 7) is -0.0102. The number of halogens is 3. The van der Waals surface area contributed by atoms with E-state index in [1.165, 1.54) is 0 Å². The molecule has 10 heteroatoms. The Bertz CT molecular complexity index is 1120. The first-order chi connectivity index (χ1) is 16.2. The highest BCUT2D eigenvalue weighted by molar-refractivity contribution is 5.83. The summed E-state index contributed by atoms with van der Waals surface area (Å²) in [4.78, 5) is 28.4. The third kappa shape index (κ3) is 6.33. The van der Waals surface area contributed by atoms with Gasteiger partial charge in [0.15, 0.2) is 0 Å². The molecule has 1 saturated heterocycles. The van der Waals surface area contributed by atoms with Gasteiger partial charge in [0.25, 0.3) is 0 Å². The number of nitriles is 2. The molecule has 0 unspecified atom stereocenters. The second kappa shape index (κ2) is 10.8. The van der Waals surface area contributed by atoms with E-state index >= 15 is 0 Å². The minimum atomic E-state index is -5.17. The molecule has 1 N–H and O–H groups in total. The predicted molar refractivity (Wildman–Crippen MR) is 114 cm³/mol. The standard InChI is InChI=1S/C24H21F3N4O3/c25-24(26,27)23(33)34-31-11-2-1-6-21(31)22(32)30-20(15-29)13-17-4-3-5-19(12-17)18-9-7-16(14-28)8-10-18/h3-5,7-10,12,20-21H,1-2,6,11,13H2,(H,30,32)/t20-,21-/m0/s1. The van der Waals surface area contributed by atoms with Crippen LogP contribution < -0.4 is 5.32 Å². The van der Waals surface area contributed by atoms with Crippen LogP contribution in [0.1, 0.15) is 30.4 Å². The zero-order chi connectivity index (χ0) is 24.7. The van der Waals surface area contributed by atoms with E-state index in [0.29, 0.717) is 18.4 Å². The topological polar surface area (TPSA) is 106 Å². The number of amides is 1. The molecule has 0 aliphatic carbocycles. The Morgan fingerprint density at radius 2 is 1.85 bits per heavy atom. The average molecular weight is 470 g/mol. The number of benzene rings is 2. The van der Waals surface area contributed by atoms with E-state index in [1.54, 1.807) is 36.4 Å². The van der Waals surface area contributed by atoms with Gasteiger partial charge in [-0.15, -0.1) is 5.06 Å². The molecule has 34 heavy (non-hydrogen) atoms. The summed E-state index contributed by atoms with van der Waals surface area (Å²) in [5.41, 5.74) is 3.03. The largest absolute Gasteiger partial charge is 0.492 e. The van der Waals surface area contributed by atoms with Gasteiger partial charge in [0, 0.05) is 13.0 Å². The van der Waals surface area contributed by atoms with Crippen molar-refractivity contribution in [1.29, 1.82) is 10.5 Å². The lowest BCUT2D eigenvalue weighted by molar-refractivity contribution is -0.248. The Balaban J connectivity index is 1.67. The second-order valence-corrected chi connectivity index (χ2v) is 7.81. The highest BCUT2D eigenvalue weighted by Crippen LogP contribution is 2.24. The molecule has 0 saturated carbocycles. The minimum Gasteiger partial charge on any atom is -0.360 e. The fourth-order valence-corrected chi connectivity index (χ4v) is 3.68. The monoisotopic (exact) mass is 470 g/mol. The number of nitrogens with one attached hydrogen (secondary N) is 1. The fraction of sp³-hybridized carbons (Fsp3) is 0.333. The summed E-state index contributed by atoms with van der Waals surface area (Å²) < 4.78 is 37.7. The lowest BCUT2D eigenvalue weighted by Crippen LogP contribution is -2.53. The van der Waals surface area contributed by atoms with Gasteiger partial charge in [-0.2, -0.15) is 23.7 Å². The lowest BCUT2D eigenvalue weighted by atomic mass is 9.98. The Labute approximate surface area is 194 Å². The van der Waals surface area contributed by atoms with E-state index in [-0.39, 0.29) is 19.4 Å². The van der Waals surface area contributed by atoms with Gasteiger partial charge in [-0.25, -0.2) is 4.79 Å². The van der Waals surface area contributed by atoms with E-state index in [4.69, 9.17) is 5.26 Å². The average Bonchev–Trinajstić information content (AvgIpc) is 2.83. The van der Waals surface area contributed by atoms with E-state index in [0.717, 1.165) is 21.8 Å². The van der Waals surface area contributed by atoms with Crippen LogP contribution in [0.2, 0.25) is 0 Å². The lowest BCUT2D eigenvalue weighted by Gasteiger charge is -2.33. The molecule has 1 aliphatic heterocycles. The van der Waals surface area contributed by atoms with Gasteiger partial charge in [0.05, 0.1) is 17.7 Å². The van der Waals surface area contributed by atoms with Crippen molar-refractivity contribution in [3.8, 4) is 23.3 Å². The molecule has 7 nitrogen and oxygen atoms in total. The summed E-state index contributed by atoms with van der Waals surface area (Å²) in [5, 5.41) is 21.8. The van der Waals surface area contributed by atoms with Crippen LogP contribution in [0.25, 0.3) is 11.1 Å². The first-order valence-corrected chi connectivity index (χ1v) is 10.6. The van der Waals surface area contributed by atoms with Crippen LogP contribution in [0.15, 0.2) is 48.5 Å². The normalized spacial score (nSPS) is 17.1. The summed E-state index contributed by atoms with van der Waals surface area (Å²) in [6, 6.07) is 16.3. The van der Waals surface area contributed by atoms with Gasteiger partial charge in [-0.3, -0.25) is 4.79 Å². The van der Waals surface area contributed by atoms with Gasteiger partial charge in [0.2, 0.25) is 5.91 Å². The van der Waals surface area contributed by atoms with Crippen LogP contribution in [-0.2, 0) is 20.8 Å². The maximum atomic E-state index is 12.7. The van der Waals surface area contributed by atoms with Crippen molar-refractivity contribution in [2.45, 2.75) is 43.9 Å². The first kappa shape index (κ1) is 24.7. The Kier molecular flexibility index (Phi) is 7.87. The van der Waals surface area contributed by atoms with Crippen molar-refractivity contribution in [3.63, 3.8) is 0 Å². The highest BCUT2D eigenvalue weighted by atomic mass is 19.4. The number of piperidine rings is 1. The molecular weight excluding hydrogens is 449 g/mol. The smallest absolute Gasteiger partial charge is 0.360 e. The molecule has 176 valence electrons. The molecule has 1 amide bonds. The van der Waals surface area contributed by atoms with Crippen molar-refractivity contribution in [2.75, 3.05) is 6.54 Å². The molecule has 3 rings (SSSR count). The number of carbonyl (C=O) groups is 2. The van der Waals surface area contributed by atoms with Crippen molar-refractivity contribution in [1.82, 2.24) is 10.4 Å². The summed E-state index contributed by atoms with van der Waals surface area (Å²) >= 11 is 0. The molecule has 0 bridgehead atoms. The van der Waals surface area contributed by atoms with Crippen molar-refractivity contribution in [2.24, 2.45) is 0 Å². The summed E-state index contributed by atoms with van der Waals surface area (Å²) in [6.07, 6.45) is -3.76. The number of hydrogen-bond donors (Lipinski definition) is 1. The van der Waals surface area contributed by atoms with Gasteiger partial charge >= 0.3 is 12.1 Å². The number of hydroxylamine groups is 2. The third-order valence-electron chi connectivity index (χ3n) is 5.37. The molecule has 0 aromatic heterocycles. The Morgan fingerprint density at radius 3 is 2.50 bits per heavy atom. The molecular formula is C24H21F3N4O3. The van der Waals surface area contributed by atoms with Crippen molar-refractivity contribution >= 4 is 11.9 Å². The molecule has 1 fully saturated rings. The number of rotatable bonds is 6. The van der Waals surface area contributed by atoms with Crippen LogP contribution in [0.3, 0.4) is 0 Å². The molecule has 2 aromatic carbocycles. The molecule has 0 spiro atoms. The maximum Gasteiger partial charge on any atom is 0.492 e. The molecule has 1 aliphatic rings. The maximum absolute atomic E-state index is 12.7. The molecule has 1 heterocycles. The van der Waals surface area contributed by atoms with Crippen LogP contribution >= 0.6 is 0 Å². The van der Waals surface area contributed by atoms with Gasteiger partial charge < -0.3 is 10.2 Å². The number of nitrogens with zero attached hydrogens (tertiary/aromatic N) is 3. The van der Waals surface area contributed by atoms with Gasteiger partial charge in [0.1, 0.15) is 12.1 Å². The van der Waals surface area contributed by atoms with E-state index in [9.17, 15) is 28.0 Å². The third-order valence-corrected chi connectivity index (χ3v) is 5.37. The van der Waals surface area contributed by atoms with Gasteiger partial charge in [-0.1, -0.05) is 36.4 Å². The van der Waals surface area contributed by atoms with Crippen LogP contribution in [-0.4, -0.2) is 41.7 Å². The summed E-state index contributed by atoms with van der Waals surface area (Å²) in [7, 11) is 0. The van der Waals surface area contributed by atoms with Crippen LogP contribution in [0.4, 0.5) is 13.2 Å². The number of carbonyl (C=O) groups excluding carboxylic acids is 2. The van der Waals surface area contributed by atoms with Gasteiger partial charge in [-0.05, 0) is 48.1 Å². The summed E-state index contributed by atoms with van der Waals surface area (Å²) in [5.74, 6) is -3.06. The Morgan fingerprint density at radius 1 is 1.12 bits per heavy atom. The SMILES string of the molecule is N#Cc1ccc(-c2cccc(C[C@@H](C#N)NC(=O)[C@@H]3CCCCN3OC(=O)C(F)(F)F)c2)cc1. The van der Waals surface area contributed by atoms with E-state index in [1.807, 2.05) is 18.2 Å². The molecule has 2 atom stereocenters. The van der Waals surface area contributed by atoms with Crippen LogP contribution in [0.5, 0.6) is 0 Å². The van der Waals surface area contributed by atoms with Crippen molar-refractivity contribution in [3.05, 3.63) is 59.7 Å². The number of alkyl halides is 3. The second-order valence-electron chi connectivity index (χ2n) is 7.81. The zero-order valence-corrected chi connectivity index (χ0v) is 18.0. The molecule has 0 radical (unpaired) electrons. The first-order valence-electron chi connectivity index (χ1n) is 10.6. The van der Waals surface area contributed by atoms with E-state index in [2.05, 4.69) is 16.2 Å². The minimum absolute atomic E-state index is 0.0102. The fourth-order valence-electron chi connectivity index (χ4n) is 3.68. The van der Waals surface area contributed by atoms with Crippen molar-refractivity contribution < 1.29 is 27.6 Å². The predicted octanol–water partition coefficient (Wildman–Crippen LogP) is 3.65. The number of hydrogen-bond acceptors (Lipinski definition) is 6. The highest BCUT2D eigenvalue weighted by Gasteiger charge is 2.44. The zero-order valence-electron chi connectivity index (χ0n) is 18.0.